The molecule has 13 heavy (non-hydrogen) atoms. The summed E-state index contributed by atoms with van der Waals surface area (Å²) in [5.41, 5.74) is 0. The monoisotopic (exact) mass is 179 g/mol. The summed E-state index contributed by atoms with van der Waals surface area (Å²) in [4.78, 5) is 0. The predicted molar refractivity (Wildman–Crippen MR) is 52.6 cm³/mol. The lowest BCUT2D eigenvalue weighted by atomic mass is 10.2. The zero-order chi connectivity index (χ0) is 9.10. The SMILES string of the molecule is CC(NCCc1ccco1)C1CC1. The van der Waals surface area contributed by atoms with E-state index in [2.05, 4.69) is 12.2 Å². The summed E-state index contributed by atoms with van der Waals surface area (Å²) in [5, 5.41) is 3.52. The van der Waals surface area contributed by atoms with Gasteiger partial charge >= 0.3 is 0 Å². The molecule has 1 aliphatic rings. The van der Waals surface area contributed by atoms with Crippen LogP contribution in [-0.2, 0) is 6.42 Å². The minimum absolute atomic E-state index is 0.690. The summed E-state index contributed by atoms with van der Waals surface area (Å²) in [6.07, 6.45) is 5.56. The van der Waals surface area contributed by atoms with Gasteiger partial charge in [0.15, 0.2) is 0 Å². The van der Waals surface area contributed by atoms with Crippen LogP contribution in [0.4, 0.5) is 0 Å². The molecule has 0 radical (unpaired) electrons. The van der Waals surface area contributed by atoms with Crippen molar-refractivity contribution in [1.29, 1.82) is 0 Å². The molecule has 2 heteroatoms. The molecule has 1 heterocycles. The number of nitrogens with one attached hydrogen (secondary N) is 1. The smallest absolute Gasteiger partial charge is 0.105 e. The third-order valence-electron chi connectivity index (χ3n) is 2.75. The standard InChI is InChI=1S/C11H17NO/c1-9(10-4-5-10)12-7-6-11-3-2-8-13-11/h2-3,8-10,12H,4-7H2,1H3. The average Bonchev–Trinajstić information content (AvgIpc) is 2.86. The second-order valence-corrected chi connectivity index (χ2v) is 3.91. The fourth-order valence-corrected chi connectivity index (χ4v) is 1.64. The average molecular weight is 179 g/mol. The molecule has 0 aromatic carbocycles. The van der Waals surface area contributed by atoms with E-state index in [-0.39, 0.29) is 0 Å². The molecule has 1 unspecified atom stereocenters. The number of furan rings is 1. The first-order chi connectivity index (χ1) is 6.36. The summed E-state index contributed by atoms with van der Waals surface area (Å²) in [7, 11) is 0. The maximum atomic E-state index is 5.25. The van der Waals surface area contributed by atoms with Crippen LogP contribution in [0.1, 0.15) is 25.5 Å². The van der Waals surface area contributed by atoms with Gasteiger partial charge in [-0.2, -0.15) is 0 Å². The molecule has 0 spiro atoms. The van der Waals surface area contributed by atoms with Gasteiger partial charge in [-0.15, -0.1) is 0 Å². The summed E-state index contributed by atoms with van der Waals surface area (Å²) in [5.74, 6) is 2.02. The zero-order valence-electron chi connectivity index (χ0n) is 8.12. The van der Waals surface area contributed by atoms with Crippen LogP contribution in [0.2, 0.25) is 0 Å². The van der Waals surface area contributed by atoms with Crippen molar-refractivity contribution in [2.45, 2.75) is 32.2 Å². The predicted octanol–water partition coefficient (Wildman–Crippen LogP) is 2.21. The Kier molecular flexibility index (Phi) is 2.69. The fourth-order valence-electron chi connectivity index (χ4n) is 1.64. The van der Waals surface area contributed by atoms with E-state index in [0.29, 0.717) is 6.04 Å². The number of hydrogen-bond acceptors (Lipinski definition) is 2. The van der Waals surface area contributed by atoms with Gasteiger partial charge in [-0.25, -0.2) is 0 Å². The van der Waals surface area contributed by atoms with E-state index >= 15 is 0 Å². The van der Waals surface area contributed by atoms with E-state index in [1.807, 2.05) is 12.1 Å². The third-order valence-corrected chi connectivity index (χ3v) is 2.75. The van der Waals surface area contributed by atoms with Crippen LogP contribution in [0, 0.1) is 5.92 Å². The Hall–Kier alpha value is -0.760. The molecule has 0 saturated heterocycles. The van der Waals surface area contributed by atoms with Crippen LogP contribution < -0.4 is 5.32 Å². The van der Waals surface area contributed by atoms with E-state index in [1.54, 1.807) is 6.26 Å². The summed E-state index contributed by atoms with van der Waals surface area (Å²) in [6.45, 7) is 3.31. The van der Waals surface area contributed by atoms with E-state index in [0.717, 1.165) is 24.6 Å². The van der Waals surface area contributed by atoms with Gasteiger partial charge < -0.3 is 9.73 Å². The Bertz CT molecular complexity index is 239. The summed E-state index contributed by atoms with van der Waals surface area (Å²) >= 11 is 0. The lowest BCUT2D eigenvalue weighted by Crippen LogP contribution is -2.29. The van der Waals surface area contributed by atoms with Crippen molar-refractivity contribution in [3.05, 3.63) is 24.2 Å². The molecule has 1 fully saturated rings. The second kappa shape index (κ2) is 3.97. The van der Waals surface area contributed by atoms with Gasteiger partial charge in [-0.05, 0) is 37.8 Å². The van der Waals surface area contributed by atoms with Crippen molar-refractivity contribution < 1.29 is 4.42 Å². The first kappa shape index (κ1) is 8.82. The quantitative estimate of drug-likeness (QED) is 0.749. The Morgan fingerprint density at radius 3 is 3.08 bits per heavy atom. The minimum Gasteiger partial charge on any atom is -0.469 e. The van der Waals surface area contributed by atoms with Gasteiger partial charge in [0, 0.05) is 19.0 Å². The Balaban J connectivity index is 1.63. The first-order valence-corrected chi connectivity index (χ1v) is 5.12. The van der Waals surface area contributed by atoms with Crippen LogP contribution in [0.25, 0.3) is 0 Å². The van der Waals surface area contributed by atoms with Crippen molar-refractivity contribution in [2.75, 3.05) is 6.54 Å². The van der Waals surface area contributed by atoms with E-state index < -0.39 is 0 Å². The number of rotatable bonds is 5. The normalized spacial score (nSPS) is 18.8. The van der Waals surface area contributed by atoms with E-state index in [1.165, 1.54) is 12.8 Å². The first-order valence-electron chi connectivity index (χ1n) is 5.12. The van der Waals surface area contributed by atoms with Gasteiger partial charge in [0.1, 0.15) is 5.76 Å². The molecule has 1 aromatic heterocycles. The Morgan fingerprint density at radius 1 is 1.62 bits per heavy atom. The molecule has 72 valence electrons. The van der Waals surface area contributed by atoms with Crippen LogP contribution in [0.15, 0.2) is 22.8 Å². The molecule has 1 saturated carbocycles. The van der Waals surface area contributed by atoms with Crippen molar-refractivity contribution in [3.63, 3.8) is 0 Å². The van der Waals surface area contributed by atoms with Gasteiger partial charge in [-0.1, -0.05) is 0 Å². The molecule has 2 nitrogen and oxygen atoms in total. The van der Waals surface area contributed by atoms with Crippen LogP contribution in [-0.4, -0.2) is 12.6 Å². The maximum absolute atomic E-state index is 5.25. The fraction of sp³-hybridized carbons (Fsp3) is 0.636. The molecular formula is C11H17NO. The highest BCUT2D eigenvalue weighted by molar-refractivity contribution is 4.98. The van der Waals surface area contributed by atoms with Crippen molar-refractivity contribution in [2.24, 2.45) is 5.92 Å². The lowest BCUT2D eigenvalue weighted by Gasteiger charge is -2.11. The summed E-state index contributed by atoms with van der Waals surface area (Å²) < 4.78 is 5.25. The lowest BCUT2D eigenvalue weighted by molar-refractivity contribution is 0.463. The minimum atomic E-state index is 0.690. The van der Waals surface area contributed by atoms with Gasteiger partial charge in [0.25, 0.3) is 0 Å². The van der Waals surface area contributed by atoms with E-state index in [4.69, 9.17) is 4.42 Å². The van der Waals surface area contributed by atoms with Crippen LogP contribution >= 0.6 is 0 Å². The molecule has 0 amide bonds. The second-order valence-electron chi connectivity index (χ2n) is 3.91. The van der Waals surface area contributed by atoms with Crippen LogP contribution in [0.5, 0.6) is 0 Å². The molecule has 0 aliphatic heterocycles. The molecule has 1 aliphatic carbocycles. The molecule has 1 atom stereocenters. The summed E-state index contributed by atoms with van der Waals surface area (Å²) in [6, 6.07) is 4.67. The molecule has 1 aromatic rings. The number of hydrogen-bond donors (Lipinski definition) is 1. The highest BCUT2D eigenvalue weighted by Crippen LogP contribution is 2.32. The highest BCUT2D eigenvalue weighted by Gasteiger charge is 2.27. The Morgan fingerprint density at radius 2 is 2.46 bits per heavy atom. The molecule has 1 N–H and O–H groups in total. The van der Waals surface area contributed by atoms with E-state index in [9.17, 15) is 0 Å². The maximum Gasteiger partial charge on any atom is 0.105 e. The molecule has 0 bridgehead atoms. The molecule has 2 rings (SSSR count). The topological polar surface area (TPSA) is 25.2 Å². The van der Waals surface area contributed by atoms with Crippen molar-refractivity contribution in [1.82, 2.24) is 5.32 Å². The van der Waals surface area contributed by atoms with Gasteiger partial charge in [-0.3, -0.25) is 0 Å². The van der Waals surface area contributed by atoms with Crippen LogP contribution in [0.3, 0.4) is 0 Å². The van der Waals surface area contributed by atoms with Gasteiger partial charge in [0.05, 0.1) is 6.26 Å². The third kappa shape index (κ3) is 2.59. The highest BCUT2D eigenvalue weighted by atomic mass is 16.3. The van der Waals surface area contributed by atoms with Crippen molar-refractivity contribution >= 4 is 0 Å². The van der Waals surface area contributed by atoms with Gasteiger partial charge in [0.2, 0.25) is 0 Å². The largest absolute Gasteiger partial charge is 0.469 e. The van der Waals surface area contributed by atoms with Crippen molar-refractivity contribution in [3.8, 4) is 0 Å². The zero-order valence-corrected chi connectivity index (χ0v) is 8.12. The Labute approximate surface area is 79.3 Å². The molecular weight excluding hydrogens is 162 g/mol.